The van der Waals surface area contributed by atoms with Gasteiger partial charge in [-0.15, -0.1) is 0 Å². The maximum Gasteiger partial charge on any atom is 0.331 e. The number of hydrogen-bond donors (Lipinski definition) is 8. The molecule has 0 bridgehead atoms. The smallest absolute Gasteiger partial charge is 0.331 e. The van der Waals surface area contributed by atoms with Crippen molar-refractivity contribution in [2.45, 2.75) is 144 Å². The lowest BCUT2D eigenvalue weighted by atomic mass is 9.43. The van der Waals surface area contributed by atoms with Gasteiger partial charge in [-0.25, -0.2) is 4.79 Å². The van der Waals surface area contributed by atoms with Crippen LogP contribution in [0.15, 0.2) is 11.6 Å². The van der Waals surface area contributed by atoms with Crippen LogP contribution in [0.25, 0.3) is 0 Å². The maximum atomic E-state index is 13.1. The molecule has 0 aromatic heterocycles. The molecule has 15 nitrogen and oxygen atoms in total. The number of esters is 1. The molecular formula is C35H52O15. The molecule has 15 heteroatoms. The summed E-state index contributed by atoms with van der Waals surface area (Å²) in [5.74, 6) is -1.20. The van der Waals surface area contributed by atoms with E-state index in [4.69, 9.17) is 23.7 Å². The first kappa shape index (κ1) is 36.7. The summed E-state index contributed by atoms with van der Waals surface area (Å²) in [7, 11) is 0. The van der Waals surface area contributed by atoms with Crippen molar-refractivity contribution in [2.24, 2.45) is 34.5 Å². The zero-order valence-electron chi connectivity index (χ0n) is 28.4. The first-order valence-electron chi connectivity index (χ1n) is 18.1. The summed E-state index contributed by atoms with van der Waals surface area (Å²) in [6.07, 6.45) is -8.56. The highest BCUT2D eigenvalue weighted by molar-refractivity contribution is 5.85. The van der Waals surface area contributed by atoms with Crippen LogP contribution < -0.4 is 0 Å². The molecule has 2 saturated heterocycles. The van der Waals surface area contributed by atoms with Crippen molar-refractivity contribution in [3.63, 3.8) is 0 Å². The fourth-order valence-corrected chi connectivity index (χ4v) is 11.3. The Labute approximate surface area is 290 Å². The average molecular weight is 713 g/mol. The Kier molecular flexibility index (Phi) is 9.82. The molecule has 4 saturated carbocycles. The first-order chi connectivity index (χ1) is 23.7. The van der Waals surface area contributed by atoms with Crippen molar-refractivity contribution in [3.05, 3.63) is 11.6 Å². The number of cyclic esters (lactones) is 1. The molecule has 3 aliphatic heterocycles. The molecule has 0 aromatic rings. The quantitative estimate of drug-likeness (QED) is 0.0845. The highest BCUT2D eigenvalue weighted by atomic mass is 16.7. The Hall–Kier alpha value is -1.60. The van der Waals surface area contributed by atoms with Crippen LogP contribution in [-0.4, -0.2) is 146 Å². The Balaban J connectivity index is 1.01. The van der Waals surface area contributed by atoms with Crippen LogP contribution in [0.2, 0.25) is 0 Å². The van der Waals surface area contributed by atoms with Crippen LogP contribution >= 0.6 is 0 Å². The summed E-state index contributed by atoms with van der Waals surface area (Å²) >= 11 is 0. The van der Waals surface area contributed by atoms with Gasteiger partial charge in [0.15, 0.2) is 12.6 Å². The first-order valence-corrected chi connectivity index (χ1v) is 18.1. The Morgan fingerprint density at radius 2 is 1.62 bits per heavy atom. The standard InChI is InChI=1S/C35H52O15/c1-15-30(50-32-28(43)26(41)25(40)22(12-36)49-32)27(42)29(44)31(47-15)48-18-5-8-34(14-37)17(10-18)3-4-20-19(34)6-7-33(2)24(16-9-23(39)46-13-16)21(38)11-35(20,33)45/h9,14-15,17-22,24-32,36,38,40-45H,3-8,10-13H2,1-2H3/t15-,17-,18-,19+,20-,21+,22+,24+,25+,26-,27-,28-,29+,30-,31-,32-,33+,34+,35-/m0/s1. The van der Waals surface area contributed by atoms with Crippen molar-refractivity contribution in [2.75, 3.05) is 13.2 Å². The topological polar surface area (TPSA) is 242 Å². The minimum absolute atomic E-state index is 0.0519. The summed E-state index contributed by atoms with van der Waals surface area (Å²) in [4.78, 5) is 25.0. The fourth-order valence-electron chi connectivity index (χ4n) is 11.3. The van der Waals surface area contributed by atoms with Crippen LogP contribution in [0.1, 0.15) is 65.2 Å². The van der Waals surface area contributed by atoms with E-state index in [1.807, 2.05) is 6.92 Å². The van der Waals surface area contributed by atoms with Gasteiger partial charge in [0.1, 0.15) is 55.6 Å². The Morgan fingerprint density at radius 3 is 2.30 bits per heavy atom. The van der Waals surface area contributed by atoms with Gasteiger partial charge in [0.2, 0.25) is 0 Å². The van der Waals surface area contributed by atoms with E-state index >= 15 is 0 Å². The minimum atomic E-state index is -1.70. The molecule has 0 aromatic carbocycles. The van der Waals surface area contributed by atoms with E-state index in [0.29, 0.717) is 50.5 Å². The highest BCUT2D eigenvalue weighted by Gasteiger charge is 2.71. The van der Waals surface area contributed by atoms with E-state index in [0.717, 1.165) is 6.29 Å². The molecule has 0 spiro atoms. The minimum Gasteiger partial charge on any atom is -0.458 e. The number of ether oxygens (including phenoxy) is 5. The molecular weight excluding hydrogens is 660 g/mol. The van der Waals surface area contributed by atoms with Crippen molar-refractivity contribution in [3.8, 4) is 0 Å². The Bertz CT molecular complexity index is 1330. The summed E-state index contributed by atoms with van der Waals surface area (Å²) < 4.78 is 28.5. The molecule has 0 amide bonds. The van der Waals surface area contributed by atoms with Gasteiger partial charge in [-0.3, -0.25) is 0 Å². The second kappa shape index (κ2) is 13.4. The summed E-state index contributed by atoms with van der Waals surface area (Å²) in [5, 5.41) is 86.0. The van der Waals surface area contributed by atoms with E-state index < -0.39 is 109 Å². The number of hydrogen-bond acceptors (Lipinski definition) is 15. The number of carbonyl (C=O) groups excluding carboxylic acids is 2. The molecule has 3 heterocycles. The Morgan fingerprint density at radius 1 is 0.900 bits per heavy atom. The van der Waals surface area contributed by atoms with Gasteiger partial charge >= 0.3 is 5.97 Å². The zero-order valence-corrected chi connectivity index (χ0v) is 28.4. The lowest BCUT2D eigenvalue weighted by Gasteiger charge is -2.63. The average Bonchev–Trinajstić information content (AvgIpc) is 3.60. The van der Waals surface area contributed by atoms with Crippen molar-refractivity contribution < 1.29 is 74.1 Å². The second-order valence-electron chi connectivity index (χ2n) is 16.2. The lowest BCUT2D eigenvalue weighted by molar-refractivity contribution is -0.360. The molecule has 0 unspecified atom stereocenters. The van der Waals surface area contributed by atoms with E-state index in [1.54, 1.807) is 6.92 Å². The predicted octanol–water partition coefficient (Wildman–Crippen LogP) is -1.57. The normalized spacial score (nSPS) is 55.0. The molecule has 7 aliphatic rings. The second-order valence-corrected chi connectivity index (χ2v) is 16.2. The van der Waals surface area contributed by atoms with Crippen molar-refractivity contribution in [1.29, 1.82) is 0 Å². The van der Waals surface area contributed by atoms with Gasteiger partial charge in [-0.2, -0.15) is 0 Å². The van der Waals surface area contributed by atoms with Gasteiger partial charge < -0.3 is 69.3 Å². The summed E-state index contributed by atoms with van der Waals surface area (Å²) in [5.41, 5.74) is -1.88. The van der Waals surface area contributed by atoms with Gasteiger partial charge in [0.05, 0.1) is 30.5 Å². The summed E-state index contributed by atoms with van der Waals surface area (Å²) in [6.45, 7) is 3.05. The predicted molar refractivity (Wildman–Crippen MR) is 167 cm³/mol. The van der Waals surface area contributed by atoms with Crippen LogP contribution in [0.3, 0.4) is 0 Å². The van der Waals surface area contributed by atoms with Gasteiger partial charge in [0, 0.05) is 29.2 Å². The van der Waals surface area contributed by atoms with Gasteiger partial charge in [-0.05, 0) is 75.2 Å². The third kappa shape index (κ3) is 5.54. The number of rotatable bonds is 7. The molecule has 8 N–H and O–H groups in total. The molecule has 6 fully saturated rings. The lowest BCUT2D eigenvalue weighted by Crippen LogP contribution is -2.64. The number of fused-ring (bicyclic) bond motifs is 5. The summed E-state index contributed by atoms with van der Waals surface area (Å²) in [6, 6.07) is 0. The van der Waals surface area contributed by atoms with Crippen LogP contribution in [0.4, 0.5) is 0 Å². The molecule has 7 rings (SSSR count). The van der Waals surface area contributed by atoms with Crippen LogP contribution in [0, 0.1) is 34.5 Å². The van der Waals surface area contributed by atoms with E-state index in [1.165, 1.54) is 6.08 Å². The zero-order chi connectivity index (χ0) is 35.9. The molecule has 0 radical (unpaired) electrons. The highest BCUT2D eigenvalue weighted by Crippen LogP contribution is 2.69. The number of carbonyl (C=O) groups is 2. The number of aliphatic hydroxyl groups is 8. The monoisotopic (exact) mass is 712 g/mol. The molecule has 282 valence electrons. The SMILES string of the molecule is C[C@@H]1O[C@@H](O[C@H]2CC[C@@]3(C=O)[C@@H](CC[C@H]4[C@H]3CC[C@]3(C)[C@H](C5=CC(=O)OC5)[C@H](O)C[C@]43O)C2)[C@H](O)[C@H](O)[C@H]1O[C@@H]1O[C@H](CO)[C@@H](O)[C@H](O)[C@@H]1O. The van der Waals surface area contributed by atoms with Crippen molar-refractivity contribution in [1.82, 2.24) is 0 Å². The van der Waals surface area contributed by atoms with Gasteiger partial charge in [-0.1, -0.05) is 6.92 Å². The molecule has 4 aliphatic carbocycles. The fraction of sp³-hybridized carbons (Fsp3) is 0.886. The van der Waals surface area contributed by atoms with Gasteiger partial charge in [0.25, 0.3) is 0 Å². The third-order valence-corrected chi connectivity index (χ3v) is 13.9. The third-order valence-electron chi connectivity index (χ3n) is 13.9. The number of aldehydes is 1. The van der Waals surface area contributed by atoms with Crippen molar-refractivity contribution >= 4 is 12.3 Å². The van der Waals surface area contributed by atoms with E-state index in [-0.39, 0.29) is 30.8 Å². The number of aliphatic hydroxyl groups excluding tert-OH is 7. The van der Waals surface area contributed by atoms with Crippen LogP contribution in [-0.2, 0) is 33.3 Å². The van der Waals surface area contributed by atoms with Crippen LogP contribution in [0.5, 0.6) is 0 Å². The maximum absolute atomic E-state index is 13.1. The van der Waals surface area contributed by atoms with E-state index in [2.05, 4.69) is 0 Å². The van der Waals surface area contributed by atoms with E-state index in [9.17, 15) is 50.4 Å². The molecule has 19 atom stereocenters. The largest absolute Gasteiger partial charge is 0.458 e. The molecule has 50 heavy (non-hydrogen) atoms.